The minimum Gasteiger partial charge on any atom is -0.361 e. The third-order valence-corrected chi connectivity index (χ3v) is 5.43. The van der Waals surface area contributed by atoms with Gasteiger partial charge in [-0.1, -0.05) is 35.5 Å². The van der Waals surface area contributed by atoms with Gasteiger partial charge >= 0.3 is 0 Å². The molecule has 0 aliphatic carbocycles. The highest BCUT2D eigenvalue weighted by Crippen LogP contribution is 2.17. The minimum atomic E-state index is -0.337. The molecule has 1 aliphatic heterocycles. The molecule has 0 spiro atoms. The minimum absolute atomic E-state index is 0.00557. The van der Waals surface area contributed by atoms with E-state index in [0.717, 1.165) is 24.2 Å². The van der Waals surface area contributed by atoms with Crippen LogP contribution in [0.3, 0.4) is 0 Å². The summed E-state index contributed by atoms with van der Waals surface area (Å²) in [6, 6.07) is 9.90. The van der Waals surface area contributed by atoms with Gasteiger partial charge in [-0.05, 0) is 25.8 Å². The first kappa shape index (κ1) is 20.1. The summed E-state index contributed by atoms with van der Waals surface area (Å²) in [7, 11) is 1.64. The molecule has 3 rings (SSSR count). The third kappa shape index (κ3) is 4.59. The van der Waals surface area contributed by atoms with E-state index in [2.05, 4.69) is 27.5 Å². The van der Waals surface area contributed by atoms with Crippen LogP contribution in [0.25, 0.3) is 0 Å². The van der Waals surface area contributed by atoms with Crippen LogP contribution in [-0.4, -0.2) is 66.0 Å². The summed E-state index contributed by atoms with van der Waals surface area (Å²) in [5.74, 6) is 0.629. The van der Waals surface area contributed by atoms with Gasteiger partial charge in [0.25, 0.3) is 0 Å². The molecule has 1 aromatic carbocycles. The van der Waals surface area contributed by atoms with Gasteiger partial charge < -0.3 is 14.7 Å². The number of amides is 2. The maximum atomic E-state index is 12.8. The lowest BCUT2D eigenvalue weighted by molar-refractivity contribution is -0.137. The molecule has 0 bridgehead atoms. The normalized spacial score (nSPS) is 17.5. The predicted octanol–water partition coefficient (Wildman–Crippen LogP) is 1.34. The van der Waals surface area contributed by atoms with Gasteiger partial charge in [-0.25, -0.2) is 0 Å². The number of hydrogen-bond acceptors (Lipinski definition) is 5. The van der Waals surface area contributed by atoms with Gasteiger partial charge in [0.15, 0.2) is 0 Å². The van der Waals surface area contributed by atoms with E-state index < -0.39 is 0 Å². The molecule has 0 radical (unpaired) electrons. The van der Waals surface area contributed by atoms with E-state index in [1.165, 1.54) is 5.56 Å². The summed E-state index contributed by atoms with van der Waals surface area (Å²) < 4.78 is 5.16. The number of carbonyl (C=O) groups excluding carboxylic acids is 2. The van der Waals surface area contributed by atoms with Gasteiger partial charge in [0.05, 0.1) is 12.1 Å². The number of nitrogens with zero attached hydrogens (tertiary/aromatic N) is 3. The van der Waals surface area contributed by atoms with Crippen molar-refractivity contribution in [2.75, 3.05) is 33.2 Å². The SMILES string of the molecule is CNC(=O)[C@@H]1CN(C(=O)Cc2c(C)noc2C)CCN1CCc1ccccc1. The molecule has 1 aliphatic rings. The number of likely N-dealkylation sites (N-methyl/N-ethyl adjacent to an activating group) is 1. The summed E-state index contributed by atoms with van der Waals surface area (Å²) in [6.07, 6.45) is 1.13. The Balaban J connectivity index is 1.64. The lowest BCUT2D eigenvalue weighted by Gasteiger charge is -2.40. The van der Waals surface area contributed by atoms with Gasteiger partial charge in [-0.15, -0.1) is 0 Å². The molecule has 1 N–H and O–H groups in total. The van der Waals surface area contributed by atoms with Gasteiger partial charge in [0, 0.05) is 38.8 Å². The first-order valence-electron chi connectivity index (χ1n) is 9.68. The van der Waals surface area contributed by atoms with E-state index in [1.807, 2.05) is 32.0 Å². The van der Waals surface area contributed by atoms with Gasteiger partial charge in [0.2, 0.25) is 11.8 Å². The number of carbonyl (C=O) groups is 2. The topological polar surface area (TPSA) is 78.7 Å². The smallest absolute Gasteiger partial charge is 0.238 e. The van der Waals surface area contributed by atoms with E-state index in [4.69, 9.17) is 4.52 Å². The number of aromatic nitrogens is 1. The molecule has 1 fully saturated rings. The van der Waals surface area contributed by atoms with Crippen molar-refractivity contribution in [2.45, 2.75) is 32.7 Å². The molecule has 28 heavy (non-hydrogen) atoms. The number of aryl methyl sites for hydroxylation is 2. The summed E-state index contributed by atoms with van der Waals surface area (Å²) in [5.41, 5.74) is 2.83. The summed E-state index contributed by atoms with van der Waals surface area (Å²) in [4.78, 5) is 29.2. The Kier molecular flexibility index (Phi) is 6.46. The molecule has 0 unspecified atom stereocenters. The summed E-state index contributed by atoms with van der Waals surface area (Å²) in [5, 5.41) is 6.66. The van der Waals surface area contributed by atoms with Crippen molar-refractivity contribution in [3.8, 4) is 0 Å². The van der Waals surface area contributed by atoms with Crippen LogP contribution in [0.5, 0.6) is 0 Å². The lowest BCUT2D eigenvalue weighted by Crippen LogP contribution is -2.60. The maximum absolute atomic E-state index is 12.8. The van der Waals surface area contributed by atoms with Crippen molar-refractivity contribution in [1.82, 2.24) is 20.3 Å². The first-order chi connectivity index (χ1) is 13.5. The van der Waals surface area contributed by atoms with Crippen LogP contribution in [0.4, 0.5) is 0 Å². The Hall–Kier alpha value is -2.67. The average molecular weight is 384 g/mol. The number of benzene rings is 1. The first-order valence-corrected chi connectivity index (χ1v) is 9.68. The van der Waals surface area contributed by atoms with Crippen molar-refractivity contribution < 1.29 is 14.1 Å². The van der Waals surface area contributed by atoms with E-state index in [-0.39, 0.29) is 24.3 Å². The fraction of sp³-hybridized carbons (Fsp3) is 0.476. The van der Waals surface area contributed by atoms with Crippen LogP contribution in [-0.2, 0) is 22.4 Å². The molecule has 0 saturated carbocycles. The van der Waals surface area contributed by atoms with Crippen molar-refractivity contribution in [2.24, 2.45) is 0 Å². The fourth-order valence-electron chi connectivity index (χ4n) is 3.66. The fourth-order valence-corrected chi connectivity index (χ4v) is 3.66. The van der Waals surface area contributed by atoms with Gasteiger partial charge in [0.1, 0.15) is 11.8 Å². The van der Waals surface area contributed by atoms with Crippen LogP contribution in [0.2, 0.25) is 0 Å². The van der Waals surface area contributed by atoms with E-state index >= 15 is 0 Å². The molecular formula is C21H28N4O3. The number of rotatable bonds is 6. The highest BCUT2D eigenvalue weighted by molar-refractivity contribution is 5.84. The van der Waals surface area contributed by atoms with Crippen LogP contribution < -0.4 is 5.32 Å². The summed E-state index contributed by atoms with van der Waals surface area (Å²) in [6.45, 7) is 6.14. The standard InChI is InChI=1S/C21H28N4O3/c1-15-18(16(2)28-23-15)13-20(26)25-12-11-24(19(14-25)21(27)22-3)10-9-17-7-5-4-6-8-17/h4-8,19H,9-14H2,1-3H3,(H,22,27)/t19-/m0/s1. The van der Waals surface area contributed by atoms with Gasteiger partial charge in [-0.3, -0.25) is 14.5 Å². The third-order valence-electron chi connectivity index (χ3n) is 5.43. The van der Waals surface area contributed by atoms with Crippen molar-refractivity contribution in [3.05, 3.63) is 52.9 Å². The predicted molar refractivity (Wildman–Crippen MR) is 106 cm³/mol. The Morgan fingerprint density at radius 3 is 2.61 bits per heavy atom. The highest BCUT2D eigenvalue weighted by atomic mass is 16.5. The highest BCUT2D eigenvalue weighted by Gasteiger charge is 2.33. The Bertz CT molecular complexity index is 799. The molecule has 7 heteroatoms. The quantitative estimate of drug-likeness (QED) is 0.813. The molecule has 2 heterocycles. The van der Waals surface area contributed by atoms with Crippen LogP contribution in [0.15, 0.2) is 34.9 Å². The Morgan fingerprint density at radius 1 is 1.21 bits per heavy atom. The summed E-state index contributed by atoms with van der Waals surface area (Å²) >= 11 is 0. The lowest BCUT2D eigenvalue weighted by atomic mass is 10.1. The zero-order valence-electron chi connectivity index (χ0n) is 16.8. The second-order valence-electron chi connectivity index (χ2n) is 7.22. The molecule has 2 aromatic rings. The maximum Gasteiger partial charge on any atom is 0.238 e. The molecule has 1 atom stereocenters. The van der Waals surface area contributed by atoms with E-state index in [1.54, 1.807) is 11.9 Å². The van der Waals surface area contributed by atoms with E-state index in [9.17, 15) is 9.59 Å². The average Bonchev–Trinajstić information content (AvgIpc) is 3.04. The molecule has 7 nitrogen and oxygen atoms in total. The largest absolute Gasteiger partial charge is 0.361 e. The van der Waals surface area contributed by atoms with Crippen molar-refractivity contribution in [3.63, 3.8) is 0 Å². The van der Waals surface area contributed by atoms with E-state index in [0.29, 0.717) is 25.4 Å². The molecule has 1 saturated heterocycles. The second kappa shape index (κ2) is 9.01. The Labute approximate surface area is 165 Å². The van der Waals surface area contributed by atoms with Crippen LogP contribution >= 0.6 is 0 Å². The van der Waals surface area contributed by atoms with Crippen LogP contribution in [0.1, 0.15) is 22.6 Å². The van der Waals surface area contributed by atoms with Crippen molar-refractivity contribution >= 4 is 11.8 Å². The molecule has 150 valence electrons. The zero-order valence-corrected chi connectivity index (χ0v) is 16.8. The van der Waals surface area contributed by atoms with Crippen LogP contribution in [0, 0.1) is 13.8 Å². The molecule has 2 amide bonds. The Morgan fingerprint density at radius 2 is 1.96 bits per heavy atom. The van der Waals surface area contributed by atoms with Gasteiger partial charge in [-0.2, -0.15) is 0 Å². The number of nitrogens with one attached hydrogen (secondary N) is 1. The number of hydrogen-bond donors (Lipinski definition) is 1. The number of piperazine rings is 1. The zero-order chi connectivity index (χ0) is 20.1. The second-order valence-corrected chi connectivity index (χ2v) is 7.22. The van der Waals surface area contributed by atoms with Crippen molar-refractivity contribution in [1.29, 1.82) is 0 Å². The monoisotopic (exact) mass is 384 g/mol. The molecule has 1 aromatic heterocycles. The molecular weight excluding hydrogens is 356 g/mol.